The van der Waals surface area contributed by atoms with Crippen molar-refractivity contribution in [2.75, 3.05) is 11.9 Å². The van der Waals surface area contributed by atoms with Gasteiger partial charge in [-0.25, -0.2) is 23.1 Å². The molecule has 1 aromatic heterocycles. The van der Waals surface area contributed by atoms with Crippen molar-refractivity contribution in [1.82, 2.24) is 9.97 Å². The van der Waals surface area contributed by atoms with Crippen LogP contribution in [0.1, 0.15) is 0 Å². The quantitative estimate of drug-likeness (QED) is 0.798. The Labute approximate surface area is 81.3 Å². The maximum atomic E-state index is 12.4. The molecule has 3 nitrogen and oxygen atoms in total. The number of rotatable bonds is 4. The molecule has 0 aliphatic carbocycles. The minimum Gasteiger partial charge on any atom is -0.348 e. The lowest BCUT2D eigenvalue weighted by molar-refractivity contribution is -0.117. The van der Waals surface area contributed by atoms with Crippen molar-refractivity contribution in [2.24, 2.45) is 0 Å². The van der Waals surface area contributed by atoms with Gasteiger partial charge in [-0.2, -0.15) is 8.78 Å². The van der Waals surface area contributed by atoms with E-state index in [1.54, 1.807) is 0 Å². The van der Waals surface area contributed by atoms with E-state index in [2.05, 4.69) is 9.97 Å². The fraction of sp³-hybridized carbons (Fsp3) is 0.429. The van der Waals surface area contributed by atoms with Crippen LogP contribution < -0.4 is 5.32 Å². The Morgan fingerprint density at radius 1 is 1.27 bits per heavy atom. The van der Waals surface area contributed by atoms with Crippen LogP contribution in [0.5, 0.6) is 0 Å². The molecule has 0 fully saturated rings. The molecule has 0 saturated heterocycles. The van der Waals surface area contributed by atoms with Crippen LogP contribution in [0.25, 0.3) is 0 Å². The van der Waals surface area contributed by atoms with Crippen LogP contribution in [-0.4, -0.2) is 28.9 Å². The van der Waals surface area contributed by atoms with Crippen LogP contribution in [0.15, 0.2) is 12.4 Å². The number of halogens is 5. The van der Waals surface area contributed by atoms with Gasteiger partial charge in [0.1, 0.15) is 0 Å². The second kappa shape index (κ2) is 4.37. The summed E-state index contributed by atoms with van der Waals surface area (Å²) in [6.07, 6.45) is -2.31. The number of hydrogen-bond acceptors (Lipinski definition) is 3. The first-order valence-electron chi connectivity index (χ1n) is 3.79. The van der Waals surface area contributed by atoms with Crippen molar-refractivity contribution in [1.29, 1.82) is 0 Å². The molecule has 1 N–H and O–H groups in total. The summed E-state index contributed by atoms with van der Waals surface area (Å²) in [5.41, 5.74) is 0. The average molecular weight is 227 g/mol. The standard InChI is InChI=1S/C7H6F5N3/c8-4-1-13-6(14-2-4)15-3-7(11,12)5(9)10/h1-2,5H,3H2,(H,13,14,15). The van der Waals surface area contributed by atoms with E-state index >= 15 is 0 Å². The Bertz CT molecular complexity index is 313. The third-order valence-electron chi connectivity index (χ3n) is 1.42. The van der Waals surface area contributed by atoms with Gasteiger partial charge in [0.05, 0.1) is 18.9 Å². The summed E-state index contributed by atoms with van der Waals surface area (Å²) in [4.78, 5) is 6.53. The maximum absolute atomic E-state index is 12.4. The molecule has 1 rings (SSSR count). The van der Waals surface area contributed by atoms with E-state index in [4.69, 9.17) is 0 Å². The number of hydrogen-bond donors (Lipinski definition) is 1. The van der Waals surface area contributed by atoms with Crippen molar-refractivity contribution in [2.45, 2.75) is 12.3 Å². The van der Waals surface area contributed by atoms with Gasteiger partial charge in [0.25, 0.3) is 0 Å². The van der Waals surface area contributed by atoms with Gasteiger partial charge in [0.15, 0.2) is 5.82 Å². The molecule has 15 heavy (non-hydrogen) atoms. The van der Waals surface area contributed by atoms with Gasteiger partial charge in [-0.1, -0.05) is 0 Å². The number of alkyl halides is 4. The zero-order chi connectivity index (χ0) is 11.5. The molecule has 0 aromatic carbocycles. The summed E-state index contributed by atoms with van der Waals surface area (Å²) in [7, 11) is 0. The lowest BCUT2D eigenvalue weighted by atomic mass is 10.3. The fourth-order valence-corrected chi connectivity index (χ4v) is 0.678. The molecule has 0 amide bonds. The summed E-state index contributed by atoms with van der Waals surface area (Å²) in [6, 6.07) is 0. The predicted octanol–water partition coefficient (Wildman–Crippen LogP) is 1.93. The van der Waals surface area contributed by atoms with E-state index in [-0.39, 0.29) is 5.95 Å². The topological polar surface area (TPSA) is 37.8 Å². The lowest BCUT2D eigenvalue weighted by Gasteiger charge is -2.15. The molecule has 0 spiro atoms. The minimum atomic E-state index is -4.17. The van der Waals surface area contributed by atoms with Gasteiger partial charge in [-0.05, 0) is 0 Å². The molecular formula is C7H6F5N3. The van der Waals surface area contributed by atoms with Crippen LogP contribution in [0.3, 0.4) is 0 Å². The molecule has 0 saturated carbocycles. The highest BCUT2D eigenvalue weighted by atomic mass is 19.3. The summed E-state index contributed by atoms with van der Waals surface area (Å²) < 4.78 is 60.4. The Morgan fingerprint density at radius 2 is 1.80 bits per heavy atom. The molecule has 8 heteroatoms. The normalized spacial score (nSPS) is 11.9. The van der Waals surface area contributed by atoms with E-state index in [0.717, 1.165) is 12.4 Å². The average Bonchev–Trinajstić information content (AvgIpc) is 2.17. The Balaban J connectivity index is 2.54. The van der Waals surface area contributed by atoms with E-state index in [1.807, 2.05) is 5.32 Å². The maximum Gasteiger partial charge on any atom is 0.324 e. The molecule has 0 aliphatic heterocycles. The predicted molar refractivity (Wildman–Crippen MR) is 41.4 cm³/mol. The summed E-state index contributed by atoms with van der Waals surface area (Å²) in [5.74, 6) is -5.25. The molecule has 1 heterocycles. The number of nitrogens with zero attached hydrogens (tertiary/aromatic N) is 2. The van der Waals surface area contributed by atoms with Gasteiger partial charge < -0.3 is 5.32 Å². The fourth-order valence-electron chi connectivity index (χ4n) is 0.678. The summed E-state index contributed by atoms with van der Waals surface area (Å²) in [6.45, 7) is -1.31. The first kappa shape index (κ1) is 11.6. The van der Waals surface area contributed by atoms with Gasteiger partial charge >= 0.3 is 12.3 Å². The van der Waals surface area contributed by atoms with Crippen molar-refractivity contribution in [3.8, 4) is 0 Å². The lowest BCUT2D eigenvalue weighted by Crippen LogP contribution is -2.35. The zero-order valence-electron chi connectivity index (χ0n) is 7.22. The van der Waals surface area contributed by atoms with Crippen LogP contribution in [0.2, 0.25) is 0 Å². The second-order valence-electron chi connectivity index (χ2n) is 2.64. The Morgan fingerprint density at radius 3 is 2.27 bits per heavy atom. The van der Waals surface area contributed by atoms with Crippen LogP contribution in [0, 0.1) is 5.82 Å². The largest absolute Gasteiger partial charge is 0.348 e. The second-order valence-corrected chi connectivity index (χ2v) is 2.64. The van der Waals surface area contributed by atoms with Crippen LogP contribution in [0.4, 0.5) is 27.9 Å². The monoisotopic (exact) mass is 227 g/mol. The minimum absolute atomic E-state index is 0.336. The first-order chi connectivity index (χ1) is 6.92. The molecule has 0 atom stereocenters. The van der Waals surface area contributed by atoms with E-state index in [9.17, 15) is 22.0 Å². The summed E-state index contributed by atoms with van der Waals surface area (Å²) in [5, 5.41) is 1.87. The van der Waals surface area contributed by atoms with Crippen molar-refractivity contribution >= 4 is 5.95 Å². The van der Waals surface area contributed by atoms with Gasteiger partial charge in [-0.3, -0.25) is 0 Å². The Kier molecular flexibility index (Phi) is 3.38. The zero-order valence-corrected chi connectivity index (χ0v) is 7.22. The van der Waals surface area contributed by atoms with E-state index in [0.29, 0.717) is 0 Å². The molecule has 84 valence electrons. The van der Waals surface area contributed by atoms with Crippen LogP contribution >= 0.6 is 0 Å². The van der Waals surface area contributed by atoms with Gasteiger partial charge in [0.2, 0.25) is 5.95 Å². The first-order valence-corrected chi connectivity index (χ1v) is 3.79. The molecule has 0 bridgehead atoms. The number of aromatic nitrogens is 2. The third kappa shape index (κ3) is 3.30. The highest BCUT2D eigenvalue weighted by molar-refractivity contribution is 5.23. The molecule has 1 aromatic rings. The number of nitrogens with one attached hydrogen (secondary N) is 1. The third-order valence-corrected chi connectivity index (χ3v) is 1.42. The summed E-state index contributed by atoms with van der Waals surface area (Å²) >= 11 is 0. The number of anilines is 1. The van der Waals surface area contributed by atoms with E-state index < -0.39 is 24.7 Å². The highest BCUT2D eigenvalue weighted by Gasteiger charge is 2.40. The van der Waals surface area contributed by atoms with Crippen molar-refractivity contribution < 1.29 is 22.0 Å². The van der Waals surface area contributed by atoms with Gasteiger partial charge in [0, 0.05) is 0 Å². The Hall–Kier alpha value is -1.47. The van der Waals surface area contributed by atoms with Crippen LogP contribution in [-0.2, 0) is 0 Å². The molecule has 0 aliphatic rings. The molecular weight excluding hydrogens is 221 g/mol. The van der Waals surface area contributed by atoms with E-state index in [1.165, 1.54) is 0 Å². The smallest absolute Gasteiger partial charge is 0.324 e. The highest BCUT2D eigenvalue weighted by Crippen LogP contribution is 2.22. The SMILES string of the molecule is Fc1cnc(NCC(F)(F)C(F)F)nc1. The molecule has 0 radical (unpaired) electrons. The molecule has 0 unspecified atom stereocenters. The van der Waals surface area contributed by atoms with Crippen molar-refractivity contribution in [3.63, 3.8) is 0 Å². The van der Waals surface area contributed by atoms with Crippen molar-refractivity contribution in [3.05, 3.63) is 18.2 Å². The van der Waals surface area contributed by atoms with Gasteiger partial charge in [-0.15, -0.1) is 0 Å².